The highest BCUT2D eigenvalue weighted by molar-refractivity contribution is 6.10. The molecule has 1 aliphatic carbocycles. The lowest BCUT2D eigenvalue weighted by molar-refractivity contribution is 0.347. The molecule has 2 heteroatoms. The Kier molecular flexibility index (Phi) is 14.8. The van der Waals surface area contributed by atoms with Gasteiger partial charge in [0.2, 0.25) is 0 Å². The van der Waals surface area contributed by atoms with Crippen LogP contribution in [0, 0.1) is 6.92 Å². The van der Waals surface area contributed by atoms with E-state index in [1.54, 1.807) is 0 Å². The van der Waals surface area contributed by atoms with Crippen molar-refractivity contribution in [3.63, 3.8) is 0 Å². The van der Waals surface area contributed by atoms with Gasteiger partial charge in [-0.05, 0) is 48.9 Å². The number of nitrogens with one attached hydrogen (secondary N) is 1. The maximum absolute atomic E-state index is 4.47. The van der Waals surface area contributed by atoms with E-state index >= 15 is 0 Å². The molecule has 1 aliphatic heterocycles. The summed E-state index contributed by atoms with van der Waals surface area (Å²) in [5, 5.41) is 3.53. The van der Waals surface area contributed by atoms with Crippen LogP contribution in [0.2, 0.25) is 0 Å². The van der Waals surface area contributed by atoms with Crippen LogP contribution in [0.15, 0.2) is 17.1 Å². The summed E-state index contributed by atoms with van der Waals surface area (Å²) in [4.78, 5) is 4.47. The molecule has 0 radical (unpaired) electrons. The van der Waals surface area contributed by atoms with Crippen molar-refractivity contribution in [2.75, 3.05) is 12.4 Å². The lowest BCUT2D eigenvalue weighted by atomic mass is 9.64. The summed E-state index contributed by atoms with van der Waals surface area (Å²) in [6.07, 6.45) is 13.1. The summed E-state index contributed by atoms with van der Waals surface area (Å²) in [7, 11) is 1.90. The van der Waals surface area contributed by atoms with Crippen LogP contribution in [0.3, 0.4) is 0 Å². The Labute approximate surface area is 183 Å². The van der Waals surface area contributed by atoms with Gasteiger partial charge in [-0.3, -0.25) is 4.99 Å². The fraction of sp³-hybridized carbons (Fsp3) is 0.741. The average molecular weight is 403 g/mol. The van der Waals surface area contributed by atoms with Crippen molar-refractivity contribution in [2.45, 2.75) is 125 Å². The van der Waals surface area contributed by atoms with Crippen molar-refractivity contribution >= 4 is 11.5 Å². The predicted octanol–water partition coefficient (Wildman–Crippen LogP) is 8.85. The molecule has 1 spiro atoms. The Morgan fingerprint density at radius 1 is 0.897 bits per heavy atom. The van der Waals surface area contributed by atoms with Gasteiger partial charge in [0.25, 0.3) is 0 Å². The maximum Gasteiger partial charge on any atom is 0.111 e. The first-order valence-electron chi connectivity index (χ1n) is 12.4. The third-order valence-electron chi connectivity index (χ3n) is 5.97. The second-order valence-electron chi connectivity index (χ2n) is 8.02. The first kappa shape index (κ1) is 27.7. The number of amidine groups is 1. The molecule has 0 unspecified atom stereocenters. The lowest BCUT2D eigenvalue weighted by Gasteiger charge is -2.38. The molecule has 29 heavy (non-hydrogen) atoms. The number of fused-ring (bicyclic) bond motifs is 2. The SMILES string of the molecule is CC.CCCC.CCCCCC.CCc1cc2c(cc1C)C1(CCC1)C(=NC)N2. The molecule has 1 fully saturated rings. The van der Waals surface area contributed by atoms with E-state index in [-0.39, 0.29) is 5.41 Å². The van der Waals surface area contributed by atoms with Crippen LogP contribution in [-0.4, -0.2) is 12.9 Å². The highest BCUT2D eigenvalue weighted by Crippen LogP contribution is 2.52. The first-order valence-corrected chi connectivity index (χ1v) is 12.4. The highest BCUT2D eigenvalue weighted by Gasteiger charge is 2.48. The third kappa shape index (κ3) is 7.46. The smallest absolute Gasteiger partial charge is 0.111 e. The van der Waals surface area contributed by atoms with Crippen molar-refractivity contribution in [3.8, 4) is 0 Å². The van der Waals surface area contributed by atoms with Gasteiger partial charge >= 0.3 is 0 Å². The molecule has 0 aromatic heterocycles. The van der Waals surface area contributed by atoms with Crippen LogP contribution in [0.4, 0.5) is 5.69 Å². The van der Waals surface area contributed by atoms with Crippen molar-refractivity contribution in [1.82, 2.24) is 0 Å². The molecule has 2 nitrogen and oxygen atoms in total. The molecule has 1 aromatic rings. The molecule has 0 atom stereocenters. The van der Waals surface area contributed by atoms with Gasteiger partial charge in [0, 0.05) is 12.7 Å². The van der Waals surface area contributed by atoms with Crippen molar-refractivity contribution in [1.29, 1.82) is 0 Å². The number of hydrogen-bond donors (Lipinski definition) is 1. The van der Waals surface area contributed by atoms with Crippen molar-refractivity contribution < 1.29 is 0 Å². The van der Waals surface area contributed by atoms with Crippen LogP contribution in [0.25, 0.3) is 0 Å². The minimum Gasteiger partial charge on any atom is -0.343 e. The normalized spacial score (nSPS) is 16.2. The van der Waals surface area contributed by atoms with Crippen LogP contribution < -0.4 is 5.32 Å². The second kappa shape index (κ2) is 15.5. The van der Waals surface area contributed by atoms with Gasteiger partial charge in [-0.15, -0.1) is 0 Å². The average Bonchev–Trinajstić information content (AvgIpc) is 3.07. The molecule has 1 N–H and O–H groups in total. The molecular weight excluding hydrogens is 352 g/mol. The summed E-state index contributed by atoms with van der Waals surface area (Å²) in [6, 6.07) is 4.71. The zero-order valence-corrected chi connectivity index (χ0v) is 21.2. The quantitative estimate of drug-likeness (QED) is 0.489. The van der Waals surface area contributed by atoms with Gasteiger partial charge < -0.3 is 5.32 Å². The van der Waals surface area contributed by atoms with Gasteiger partial charge in [0.15, 0.2) is 0 Å². The summed E-state index contributed by atoms with van der Waals surface area (Å²) in [6.45, 7) is 17.3. The van der Waals surface area contributed by atoms with E-state index in [1.165, 1.54) is 86.0 Å². The number of hydrogen-bond acceptors (Lipinski definition) is 1. The van der Waals surface area contributed by atoms with Crippen LogP contribution in [0.1, 0.15) is 123 Å². The van der Waals surface area contributed by atoms with Gasteiger partial charge in [-0.2, -0.15) is 0 Å². The molecule has 1 saturated carbocycles. The molecule has 3 rings (SSSR count). The fourth-order valence-electron chi connectivity index (χ4n) is 3.81. The van der Waals surface area contributed by atoms with Crippen LogP contribution >= 0.6 is 0 Å². The van der Waals surface area contributed by atoms with E-state index in [2.05, 4.69) is 64.0 Å². The number of rotatable bonds is 5. The molecule has 1 heterocycles. The minimum absolute atomic E-state index is 0.237. The van der Waals surface area contributed by atoms with E-state index in [0.29, 0.717) is 0 Å². The third-order valence-corrected chi connectivity index (χ3v) is 5.97. The van der Waals surface area contributed by atoms with Gasteiger partial charge in [-0.25, -0.2) is 0 Å². The van der Waals surface area contributed by atoms with Gasteiger partial charge in [0.05, 0.1) is 5.41 Å². The zero-order valence-electron chi connectivity index (χ0n) is 21.2. The molecule has 168 valence electrons. The van der Waals surface area contributed by atoms with Crippen LogP contribution in [-0.2, 0) is 11.8 Å². The Hall–Kier alpha value is -1.31. The maximum atomic E-state index is 4.47. The number of unbranched alkanes of at least 4 members (excludes halogenated alkanes) is 4. The summed E-state index contributed by atoms with van der Waals surface area (Å²) >= 11 is 0. The standard InChI is InChI=1S/C15H20N2.C6H14.C4H10.C2H6/c1-4-11-9-13-12(8-10(11)2)15(6-5-7-15)14(16-3)17-13;1-3-5-6-4-2;1-3-4-2;1-2/h8-9H,4-7H2,1-3H3,(H,16,17);3-6H2,1-2H3;3-4H2,1-2H3;1-2H3. The zero-order chi connectivity index (χ0) is 22.3. The van der Waals surface area contributed by atoms with E-state index in [9.17, 15) is 0 Å². The highest BCUT2D eigenvalue weighted by atomic mass is 15.1. The van der Waals surface area contributed by atoms with E-state index in [0.717, 1.165) is 6.42 Å². The molecule has 0 amide bonds. The van der Waals surface area contributed by atoms with Crippen molar-refractivity contribution in [3.05, 3.63) is 28.8 Å². The molecule has 2 aliphatic rings. The Morgan fingerprint density at radius 3 is 1.79 bits per heavy atom. The number of aryl methyl sites for hydroxylation is 2. The summed E-state index contributed by atoms with van der Waals surface area (Å²) in [5.41, 5.74) is 5.90. The summed E-state index contributed by atoms with van der Waals surface area (Å²) in [5.74, 6) is 1.19. The number of anilines is 1. The van der Waals surface area contributed by atoms with Gasteiger partial charge in [0.1, 0.15) is 5.84 Å². The lowest BCUT2D eigenvalue weighted by Crippen LogP contribution is -2.41. The predicted molar refractivity (Wildman–Crippen MR) is 135 cm³/mol. The molecular formula is C27H50N2. The summed E-state index contributed by atoms with van der Waals surface area (Å²) < 4.78 is 0. The van der Waals surface area contributed by atoms with Crippen LogP contribution in [0.5, 0.6) is 0 Å². The second-order valence-corrected chi connectivity index (χ2v) is 8.02. The largest absolute Gasteiger partial charge is 0.343 e. The topological polar surface area (TPSA) is 24.4 Å². The molecule has 0 saturated heterocycles. The fourth-order valence-corrected chi connectivity index (χ4v) is 3.81. The number of nitrogens with zero attached hydrogens (tertiary/aromatic N) is 1. The van der Waals surface area contributed by atoms with Gasteiger partial charge in [-0.1, -0.05) is 99.5 Å². The van der Waals surface area contributed by atoms with E-state index in [4.69, 9.17) is 0 Å². The molecule has 0 bridgehead atoms. The number of aliphatic imine (C=N–C) groups is 1. The monoisotopic (exact) mass is 402 g/mol. The Balaban J connectivity index is 0.000000548. The number of benzene rings is 1. The van der Waals surface area contributed by atoms with E-state index < -0.39 is 0 Å². The van der Waals surface area contributed by atoms with E-state index in [1.807, 2.05) is 20.9 Å². The molecule has 1 aromatic carbocycles. The Bertz CT molecular complexity index is 576. The minimum atomic E-state index is 0.237. The Morgan fingerprint density at radius 2 is 1.45 bits per heavy atom. The van der Waals surface area contributed by atoms with Crippen molar-refractivity contribution in [2.24, 2.45) is 4.99 Å². The first-order chi connectivity index (χ1) is 14.0.